The van der Waals surface area contributed by atoms with Gasteiger partial charge in [-0.25, -0.2) is 0 Å². The fourth-order valence-corrected chi connectivity index (χ4v) is 3.22. The summed E-state index contributed by atoms with van der Waals surface area (Å²) >= 11 is 0. The second-order valence-corrected chi connectivity index (χ2v) is 5.20. The molecule has 5 heteroatoms. The number of hydrogen-bond acceptors (Lipinski definition) is 5. The number of hydrazine groups is 2. The molecule has 0 aromatic rings. The van der Waals surface area contributed by atoms with Gasteiger partial charge in [-0.15, -0.1) is 0 Å². The Kier molecular flexibility index (Phi) is 2.70. The number of hydrogen-bond donors (Lipinski definition) is 3. The molecule has 3 N–H and O–H groups in total. The van der Waals surface area contributed by atoms with Crippen LogP contribution in [0.25, 0.3) is 0 Å². The molecule has 3 aliphatic rings. The highest BCUT2D eigenvalue weighted by atomic mass is 16.5. The zero-order chi connectivity index (χ0) is 11.8. The molecule has 0 aromatic heterocycles. The van der Waals surface area contributed by atoms with Crippen LogP contribution in [0, 0.1) is 17.8 Å². The van der Waals surface area contributed by atoms with Crippen molar-refractivity contribution < 1.29 is 9.53 Å². The number of nitrogens with one attached hydrogen (secondary N) is 3. The molecule has 0 radical (unpaired) electrons. The third-order valence-electron chi connectivity index (χ3n) is 4.23. The van der Waals surface area contributed by atoms with Crippen LogP contribution in [-0.4, -0.2) is 12.6 Å². The van der Waals surface area contributed by atoms with Gasteiger partial charge in [-0.3, -0.25) is 4.79 Å². The van der Waals surface area contributed by atoms with Crippen LogP contribution < -0.4 is 16.4 Å². The van der Waals surface area contributed by atoms with Gasteiger partial charge in [0.25, 0.3) is 0 Å². The minimum Gasteiger partial charge on any atom is -0.466 e. The summed E-state index contributed by atoms with van der Waals surface area (Å²) in [4.78, 5) is 10.8. The van der Waals surface area contributed by atoms with Crippen molar-refractivity contribution in [1.29, 1.82) is 0 Å². The Morgan fingerprint density at radius 3 is 2.35 bits per heavy atom. The van der Waals surface area contributed by atoms with E-state index in [-0.39, 0.29) is 5.97 Å². The molecule has 0 saturated heterocycles. The molecule has 0 bridgehead atoms. The lowest BCUT2D eigenvalue weighted by molar-refractivity contribution is -0.141. The van der Waals surface area contributed by atoms with Gasteiger partial charge in [0.15, 0.2) is 0 Å². The van der Waals surface area contributed by atoms with Crippen LogP contribution >= 0.6 is 0 Å². The first-order chi connectivity index (χ1) is 8.25. The van der Waals surface area contributed by atoms with Gasteiger partial charge in [0.1, 0.15) is 0 Å². The van der Waals surface area contributed by atoms with Crippen LogP contribution in [0.4, 0.5) is 0 Å². The van der Waals surface area contributed by atoms with Gasteiger partial charge in [-0.2, -0.15) is 5.53 Å². The van der Waals surface area contributed by atoms with Crippen molar-refractivity contribution in [3.05, 3.63) is 11.4 Å². The van der Waals surface area contributed by atoms with E-state index in [9.17, 15) is 4.79 Å². The molecule has 2 atom stereocenters. The van der Waals surface area contributed by atoms with Crippen LogP contribution in [0.5, 0.6) is 0 Å². The molecular weight excluding hydrogens is 218 g/mol. The summed E-state index contributed by atoms with van der Waals surface area (Å²) in [6.45, 7) is 2.11. The highest BCUT2D eigenvalue weighted by molar-refractivity contribution is 5.65. The van der Waals surface area contributed by atoms with E-state index in [0.29, 0.717) is 12.5 Å². The SMILES string of the molecule is CC(=O)OCC1C2CCC3=C(CCC21)NNN3. The molecule has 2 unspecified atom stereocenters. The van der Waals surface area contributed by atoms with Crippen LogP contribution in [0.2, 0.25) is 0 Å². The van der Waals surface area contributed by atoms with E-state index < -0.39 is 0 Å². The Morgan fingerprint density at radius 2 is 1.82 bits per heavy atom. The monoisotopic (exact) mass is 237 g/mol. The number of fused-ring (bicyclic) bond motifs is 1. The molecule has 1 aliphatic heterocycles. The minimum atomic E-state index is -0.155. The topological polar surface area (TPSA) is 62.4 Å². The summed E-state index contributed by atoms with van der Waals surface area (Å²) in [5.41, 5.74) is 11.9. The lowest BCUT2D eigenvalue weighted by Crippen LogP contribution is -2.32. The van der Waals surface area contributed by atoms with E-state index in [2.05, 4.69) is 16.4 Å². The fourth-order valence-electron chi connectivity index (χ4n) is 3.22. The quantitative estimate of drug-likeness (QED) is 0.620. The van der Waals surface area contributed by atoms with Gasteiger partial charge in [-0.1, -0.05) is 0 Å². The molecule has 0 amide bonds. The standard InChI is InChI=1S/C12H19N3O2/c1-7(16)17-6-10-8-2-4-11-12(14-15-13-11)5-3-9(8)10/h8-10,13-15H,2-6H2,1H3. The third kappa shape index (κ3) is 2.11. The predicted octanol–water partition coefficient (Wildman–Crippen LogP) is 0.810. The summed E-state index contributed by atoms with van der Waals surface area (Å²) in [5.74, 6) is 1.96. The van der Waals surface area contributed by atoms with Gasteiger partial charge in [0.2, 0.25) is 0 Å². The number of ether oxygens (including phenoxy) is 1. The van der Waals surface area contributed by atoms with Gasteiger partial charge >= 0.3 is 5.97 Å². The first kappa shape index (κ1) is 10.9. The van der Waals surface area contributed by atoms with Crippen molar-refractivity contribution in [3.8, 4) is 0 Å². The van der Waals surface area contributed by atoms with Crippen molar-refractivity contribution in [1.82, 2.24) is 16.4 Å². The molecule has 0 aromatic carbocycles. The van der Waals surface area contributed by atoms with Gasteiger partial charge in [0, 0.05) is 18.3 Å². The number of rotatable bonds is 2. The van der Waals surface area contributed by atoms with Crippen LogP contribution in [0.3, 0.4) is 0 Å². The molecule has 2 aliphatic carbocycles. The molecular formula is C12H19N3O2. The summed E-state index contributed by atoms with van der Waals surface area (Å²) in [6.07, 6.45) is 4.58. The van der Waals surface area contributed by atoms with Gasteiger partial charge < -0.3 is 15.6 Å². The summed E-state index contributed by atoms with van der Waals surface area (Å²) < 4.78 is 5.14. The fraction of sp³-hybridized carbons (Fsp3) is 0.750. The molecule has 1 heterocycles. The second kappa shape index (κ2) is 4.22. The normalized spacial score (nSPS) is 34.8. The van der Waals surface area contributed by atoms with Crippen molar-refractivity contribution in [2.45, 2.75) is 32.6 Å². The number of carbonyl (C=O) groups is 1. The maximum Gasteiger partial charge on any atom is 0.302 e. The maximum absolute atomic E-state index is 10.8. The average molecular weight is 237 g/mol. The highest BCUT2D eigenvalue weighted by Crippen LogP contribution is 2.53. The Morgan fingerprint density at radius 1 is 1.24 bits per heavy atom. The second-order valence-electron chi connectivity index (χ2n) is 5.20. The van der Waals surface area contributed by atoms with Crippen LogP contribution in [0.15, 0.2) is 11.4 Å². The summed E-state index contributed by atoms with van der Waals surface area (Å²) in [7, 11) is 0. The molecule has 3 rings (SSSR count). The Labute approximate surface area is 101 Å². The van der Waals surface area contributed by atoms with E-state index in [1.807, 2.05) is 0 Å². The maximum atomic E-state index is 10.8. The minimum absolute atomic E-state index is 0.155. The van der Waals surface area contributed by atoms with Crippen molar-refractivity contribution in [2.75, 3.05) is 6.61 Å². The van der Waals surface area contributed by atoms with Gasteiger partial charge in [0.05, 0.1) is 6.61 Å². The zero-order valence-electron chi connectivity index (χ0n) is 10.1. The Balaban J connectivity index is 1.56. The molecule has 17 heavy (non-hydrogen) atoms. The molecule has 5 nitrogen and oxygen atoms in total. The predicted molar refractivity (Wildman–Crippen MR) is 62.0 cm³/mol. The Bertz CT molecular complexity index is 343. The van der Waals surface area contributed by atoms with Crippen molar-refractivity contribution in [3.63, 3.8) is 0 Å². The number of esters is 1. The average Bonchev–Trinajstić information content (AvgIpc) is 2.72. The third-order valence-corrected chi connectivity index (χ3v) is 4.23. The molecule has 0 spiro atoms. The lowest BCUT2D eigenvalue weighted by atomic mass is 10.0. The first-order valence-electron chi connectivity index (χ1n) is 6.38. The van der Waals surface area contributed by atoms with E-state index in [0.717, 1.165) is 24.7 Å². The van der Waals surface area contributed by atoms with Crippen molar-refractivity contribution in [2.24, 2.45) is 17.8 Å². The number of carbonyl (C=O) groups excluding carboxylic acids is 1. The largest absolute Gasteiger partial charge is 0.466 e. The van der Waals surface area contributed by atoms with Crippen molar-refractivity contribution >= 4 is 5.97 Å². The van der Waals surface area contributed by atoms with E-state index in [1.165, 1.54) is 31.2 Å². The molecule has 94 valence electrons. The molecule has 1 saturated carbocycles. The molecule has 1 fully saturated rings. The summed E-state index contributed by atoms with van der Waals surface area (Å²) in [5, 5.41) is 0. The van der Waals surface area contributed by atoms with E-state index in [1.54, 1.807) is 0 Å². The first-order valence-corrected chi connectivity index (χ1v) is 6.38. The van der Waals surface area contributed by atoms with Gasteiger partial charge in [-0.05, 0) is 43.4 Å². The summed E-state index contributed by atoms with van der Waals surface area (Å²) in [6, 6.07) is 0. The van der Waals surface area contributed by atoms with E-state index >= 15 is 0 Å². The Hall–Kier alpha value is -1.23. The lowest BCUT2D eigenvalue weighted by Gasteiger charge is -2.08. The van der Waals surface area contributed by atoms with Crippen LogP contribution in [0.1, 0.15) is 32.6 Å². The highest BCUT2D eigenvalue weighted by Gasteiger charge is 2.50. The number of allylic oxidation sites excluding steroid dienone is 2. The zero-order valence-corrected chi connectivity index (χ0v) is 10.1. The van der Waals surface area contributed by atoms with Crippen LogP contribution in [-0.2, 0) is 9.53 Å². The van der Waals surface area contributed by atoms with E-state index in [4.69, 9.17) is 4.74 Å². The smallest absolute Gasteiger partial charge is 0.302 e.